The molecule has 1 aromatic carbocycles. The van der Waals surface area contributed by atoms with E-state index in [1.165, 1.54) is 6.07 Å². The largest absolute Gasteiger partial charge is 0.343 e. The van der Waals surface area contributed by atoms with Gasteiger partial charge in [0.2, 0.25) is 5.91 Å². The van der Waals surface area contributed by atoms with Crippen molar-refractivity contribution in [1.82, 2.24) is 15.3 Å². The Hall–Kier alpha value is -1.21. The number of carbonyl (C=O) groups is 3. The zero-order valence-corrected chi connectivity index (χ0v) is 13.9. The minimum absolute atomic E-state index is 0.0542. The van der Waals surface area contributed by atoms with Gasteiger partial charge in [-0.25, -0.2) is 14.8 Å². The summed E-state index contributed by atoms with van der Waals surface area (Å²) in [7, 11) is 0. The van der Waals surface area contributed by atoms with Crippen LogP contribution in [0.4, 0.5) is 4.79 Å². The summed E-state index contributed by atoms with van der Waals surface area (Å²) in [6, 6.07) is 3.93. The Balaban J connectivity index is 2.29. The monoisotopic (exact) mass is 383 g/mol. The van der Waals surface area contributed by atoms with Gasteiger partial charge in [0, 0.05) is 10.0 Å². The van der Waals surface area contributed by atoms with Gasteiger partial charge in [-0.1, -0.05) is 52.5 Å². The van der Waals surface area contributed by atoms with Crippen LogP contribution in [0.5, 0.6) is 0 Å². The molecule has 6 nitrogen and oxygen atoms in total. The lowest BCUT2D eigenvalue weighted by atomic mass is 10.2. The number of imide groups is 1. The molecule has 0 spiro atoms. The number of urea groups is 1. The third kappa shape index (κ3) is 3.76. The lowest BCUT2D eigenvalue weighted by Gasteiger charge is -2.37. The first-order chi connectivity index (χ1) is 10.3. The van der Waals surface area contributed by atoms with Gasteiger partial charge in [-0.2, -0.15) is 0 Å². The van der Waals surface area contributed by atoms with Crippen molar-refractivity contribution in [3.05, 3.63) is 33.8 Å². The predicted molar refractivity (Wildman–Crippen MR) is 82.8 cm³/mol. The summed E-state index contributed by atoms with van der Waals surface area (Å²) in [5.74, 6) is -1.41. The van der Waals surface area contributed by atoms with Crippen LogP contribution in [0.25, 0.3) is 0 Å². The molecule has 0 unspecified atom stereocenters. The normalized spacial score (nSPS) is 15.3. The molecule has 1 aliphatic heterocycles. The second-order valence-corrected chi connectivity index (χ2v) is 6.28. The number of benzene rings is 1. The van der Waals surface area contributed by atoms with Crippen LogP contribution in [0.15, 0.2) is 18.2 Å². The number of amides is 4. The molecule has 22 heavy (non-hydrogen) atoms. The topological polar surface area (TPSA) is 69.7 Å². The maximum atomic E-state index is 12.0. The smallest absolute Gasteiger partial charge is 0.275 e. The van der Waals surface area contributed by atoms with Crippen molar-refractivity contribution in [2.45, 2.75) is 11.4 Å². The van der Waals surface area contributed by atoms with E-state index in [2.05, 4.69) is 5.32 Å². The van der Waals surface area contributed by atoms with E-state index < -0.39 is 22.7 Å². The van der Waals surface area contributed by atoms with Crippen molar-refractivity contribution in [3.63, 3.8) is 0 Å². The number of nitrogens with one attached hydrogen (secondary N) is 1. The molecule has 1 heterocycles. The van der Waals surface area contributed by atoms with Crippen LogP contribution in [0.2, 0.25) is 10.0 Å². The number of halogens is 4. The summed E-state index contributed by atoms with van der Waals surface area (Å²) >= 11 is 22.9. The van der Waals surface area contributed by atoms with E-state index >= 15 is 0 Å². The number of hydrogen-bond acceptors (Lipinski definition) is 3. The minimum atomic E-state index is -1.40. The maximum Gasteiger partial charge on any atom is 0.343 e. The molecule has 0 aromatic heterocycles. The fraction of sp³-hybridized carbons (Fsp3) is 0.250. The summed E-state index contributed by atoms with van der Waals surface area (Å²) in [4.78, 5) is 34.0. The highest BCUT2D eigenvalue weighted by atomic mass is 35.5. The quantitative estimate of drug-likeness (QED) is 0.814. The van der Waals surface area contributed by atoms with Crippen molar-refractivity contribution in [1.29, 1.82) is 0 Å². The molecule has 2 rings (SSSR count). The average Bonchev–Trinajstić information content (AvgIpc) is 2.42. The summed E-state index contributed by atoms with van der Waals surface area (Å²) in [6.45, 7) is -0.424. The molecule has 0 radical (unpaired) electrons. The van der Waals surface area contributed by atoms with Crippen molar-refractivity contribution < 1.29 is 14.4 Å². The standard InChI is InChI=1S/C12H9Cl4N3O3/c13-7-2-1-6(8(14)3-7)4-19-12(22)17-9(20)5-18(19)11(21)10(15)16/h1-3,10H,4-5H2,(H,17,20,22). The number of alkyl halides is 2. The van der Waals surface area contributed by atoms with E-state index in [9.17, 15) is 14.4 Å². The van der Waals surface area contributed by atoms with E-state index in [0.29, 0.717) is 15.6 Å². The second kappa shape index (κ2) is 6.91. The summed E-state index contributed by atoms with van der Waals surface area (Å²) in [5.41, 5.74) is 0.536. The van der Waals surface area contributed by atoms with Gasteiger partial charge in [0.15, 0.2) is 4.84 Å². The Morgan fingerprint density at radius 3 is 2.55 bits per heavy atom. The zero-order chi connectivity index (χ0) is 16.4. The van der Waals surface area contributed by atoms with Crippen molar-refractivity contribution in [2.75, 3.05) is 6.54 Å². The van der Waals surface area contributed by atoms with Gasteiger partial charge in [-0.15, -0.1) is 0 Å². The van der Waals surface area contributed by atoms with Crippen LogP contribution in [0.1, 0.15) is 5.56 Å². The van der Waals surface area contributed by atoms with Gasteiger partial charge < -0.3 is 0 Å². The first-order valence-electron chi connectivity index (χ1n) is 5.94. The molecule has 1 aromatic rings. The highest BCUT2D eigenvalue weighted by Crippen LogP contribution is 2.24. The molecule has 0 atom stereocenters. The van der Waals surface area contributed by atoms with E-state index in [-0.39, 0.29) is 13.1 Å². The second-order valence-electron chi connectivity index (χ2n) is 4.34. The van der Waals surface area contributed by atoms with Crippen LogP contribution < -0.4 is 5.32 Å². The molecular weight excluding hydrogens is 376 g/mol. The molecule has 10 heteroatoms. The Kier molecular flexibility index (Phi) is 5.39. The fourth-order valence-electron chi connectivity index (χ4n) is 1.83. The van der Waals surface area contributed by atoms with E-state index in [1.807, 2.05) is 0 Å². The van der Waals surface area contributed by atoms with Gasteiger partial charge in [0.1, 0.15) is 6.54 Å². The van der Waals surface area contributed by atoms with Gasteiger partial charge in [-0.05, 0) is 17.7 Å². The number of hydrogen-bond donors (Lipinski definition) is 1. The van der Waals surface area contributed by atoms with Crippen LogP contribution in [0.3, 0.4) is 0 Å². The molecule has 1 saturated heterocycles. The van der Waals surface area contributed by atoms with Crippen LogP contribution >= 0.6 is 46.4 Å². The number of carbonyl (C=O) groups excluding carboxylic acids is 3. The summed E-state index contributed by atoms with van der Waals surface area (Å²) in [5, 5.41) is 4.75. The lowest BCUT2D eigenvalue weighted by molar-refractivity contribution is -0.151. The van der Waals surface area contributed by atoms with Gasteiger partial charge in [0.25, 0.3) is 5.91 Å². The Labute approximate surface area is 145 Å². The Morgan fingerprint density at radius 1 is 1.27 bits per heavy atom. The number of rotatable bonds is 3. The molecule has 1 aliphatic rings. The maximum absolute atomic E-state index is 12.0. The predicted octanol–water partition coefficient (Wildman–Crippen LogP) is 2.59. The summed E-state index contributed by atoms with van der Waals surface area (Å²) < 4.78 is 0. The number of nitrogens with zero attached hydrogens (tertiary/aromatic N) is 2. The first-order valence-corrected chi connectivity index (χ1v) is 7.57. The van der Waals surface area contributed by atoms with Crippen molar-refractivity contribution in [2.24, 2.45) is 0 Å². The van der Waals surface area contributed by atoms with Gasteiger partial charge in [0.05, 0.1) is 6.54 Å². The van der Waals surface area contributed by atoms with Gasteiger partial charge in [-0.3, -0.25) is 14.9 Å². The third-order valence-corrected chi connectivity index (χ3v) is 3.80. The van der Waals surface area contributed by atoms with E-state index in [1.54, 1.807) is 12.1 Å². The first kappa shape index (κ1) is 17.1. The Bertz CT molecular complexity index is 638. The zero-order valence-electron chi connectivity index (χ0n) is 10.9. The van der Waals surface area contributed by atoms with Crippen molar-refractivity contribution >= 4 is 64.2 Å². The third-order valence-electron chi connectivity index (χ3n) is 2.84. The van der Waals surface area contributed by atoms with E-state index in [4.69, 9.17) is 46.4 Å². The fourth-order valence-corrected chi connectivity index (χ4v) is 2.53. The average molecular weight is 385 g/mol. The van der Waals surface area contributed by atoms with E-state index in [0.717, 1.165) is 10.0 Å². The molecular formula is C12H9Cl4N3O3. The molecule has 118 valence electrons. The van der Waals surface area contributed by atoms with Crippen LogP contribution in [-0.4, -0.2) is 39.2 Å². The molecule has 0 saturated carbocycles. The van der Waals surface area contributed by atoms with Crippen LogP contribution in [0, 0.1) is 0 Å². The summed E-state index contributed by atoms with van der Waals surface area (Å²) in [6.07, 6.45) is 0. The van der Waals surface area contributed by atoms with Crippen LogP contribution in [-0.2, 0) is 16.1 Å². The minimum Gasteiger partial charge on any atom is -0.275 e. The highest BCUT2D eigenvalue weighted by Gasteiger charge is 2.36. The van der Waals surface area contributed by atoms with Crippen molar-refractivity contribution in [3.8, 4) is 0 Å². The molecule has 1 N–H and O–H groups in total. The van der Waals surface area contributed by atoms with Gasteiger partial charge >= 0.3 is 6.03 Å². The Morgan fingerprint density at radius 2 is 1.95 bits per heavy atom. The lowest BCUT2D eigenvalue weighted by Crippen LogP contribution is -2.62. The molecule has 1 fully saturated rings. The molecule has 0 aliphatic carbocycles. The molecule has 4 amide bonds. The molecule has 0 bridgehead atoms. The highest BCUT2D eigenvalue weighted by molar-refractivity contribution is 6.53. The SMILES string of the molecule is O=C1CN(C(=O)C(Cl)Cl)N(Cc2ccc(Cl)cc2Cl)C(=O)N1. The number of hydrazine groups is 1.